The van der Waals surface area contributed by atoms with E-state index in [4.69, 9.17) is 9.97 Å². The monoisotopic (exact) mass is 325 g/mol. The third-order valence-corrected chi connectivity index (χ3v) is 4.87. The Kier molecular flexibility index (Phi) is 5.20. The fourth-order valence-electron chi connectivity index (χ4n) is 2.78. The molecule has 106 valence electrons. The Morgan fingerprint density at radius 1 is 1.21 bits per heavy atom. The minimum atomic E-state index is 0.548. The van der Waals surface area contributed by atoms with Gasteiger partial charge in [0, 0.05) is 13.0 Å². The van der Waals surface area contributed by atoms with Crippen LogP contribution < -0.4 is 5.32 Å². The van der Waals surface area contributed by atoms with Gasteiger partial charge < -0.3 is 5.32 Å². The first kappa shape index (κ1) is 14.8. The van der Waals surface area contributed by atoms with Crippen LogP contribution in [0.3, 0.4) is 0 Å². The summed E-state index contributed by atoms with van der Waals surface area (Å²) in [4.78, 5) is 9.53. The summed E-state index contributed by atoms with van der Waals surface area (Å²) >= 11 is 3.62. The molecular formula is C15H24BrN3. The first-order chi connectivity index (χ1) is 9.15. The zero-order chi connectivity index (χ0) is 13.8. The Hall–Kier alpha value is -0.640. The smallest absolute Gasteiger partial charge is 0.144 e. The van der Waals surface area contributed by atoms with Gasteiger partial charge in [-0.25, -0.2) is 9.97 Å². The van der Waals surface area contributed by atoms with E-state index in [1.807, 2.05) is 7.05 Å². The number of hydrogen-bond donors (Lipinski definition) is 1. The zero-order valence-corrected chi connectivity index (χ0v) is 13.8. The van der Waals surface area contributed by atoms with Crippen molar-refractivity contribution >= 4 is 21.7 Å². The van der Waals surface area contributed by atoms with Crippen molar-refractivity contribution in [2.75, 3.05) is 12.4 Å². The van der Waals surface area contributed by atoms with Crippen LogP contribution in [0.5, 0.6) is 0 Å². The molecule has 0 aromatic carbocycles. The summed E-state index contributed by atoms with van der Waals surface area (Å²) in [6, 6.07) is 0. The van der Waals surface area contributed by atoms with Crippen molar-refractivity contribution in [2.45, 2.75) is 58.3 Å². The van der Waals surface area contributed by atoms with E-state index in [-0.39, 0.29) is 0 Å². The molecule has 0 aliphatic heterocycles. The van der Waals surface area contributed by atoms with E-state index < -0.39 is 0 Å². The topological polar surface area (TPSA) is 37.8 Å². The fourth-order valence-corrected chi connectivity index (χ4v) is 3.36. The van der Waals surface area contributed by atoms with Gasteiger partial charge in [-0.15, -0.1) is 0 Å². The van der Waals surface area contributed by atoms with Crippen molar-refractivity contribution < 1.29 is 0 Å². The fraction of sp³-hybridized carbons (Fsp3) is 0.733. The Labute approximate surface area is 124 Å². The molecule has 0 spiro atoms. The molecule has 0 radical (unpaired) electrons. The number of aromatic nitrogens is 2. The summed E-state index contributed by atoms with van der Waals surface area (Å²) in [5, 5.41) is 3.18. The maximum atomic E-state index is 4.82. The van der Waals surface area contributed by atoms with E-state index in [0.29, 0.717) is 5.92 Å². The van der Waals surface area contributed by atoms with Crippen molar-refractivity contribution in [1.82, 2.24) is 9.97 Å². The molecule has 1 aliphatic carbocycles. The average molecular weight is 326 g/mol. The molecule has 1 aromatic heterocycles. The van der Waals surface area contributed by atoms with Gasteiger partial charge in [0.2, 0.25) is 0 Å². The molecule has 0 unspecified atom stereocenters. The van der Waals surface area contributed by atoms with Crippen LogP contribution >= 0.6 is 15.9 Å². The highest BCUT2D eigenvalue weighted by Crippen LogP contribution is 2.35. The van der Waals surface area contributed by atoms with E-state index in [1.54, 1.807) is 0 Å². The molecular weight excluding hydrogens is 302 g/mol. The van der Waals surface area contributed by atoms with E-state index in [2.05, 4.69) is 35.1 Å². The van der Waals surface area contributed by atoms with Crippen LogP contribution in [-0.4, -0.2) is 17.0 Å². The summed E-state index contributed by atoms with van der Waals surface area (Å²) in [6.07, 6.45) is 7.20. The second kappa shape index (κ2) is 6.69. The summed E-state index contributed by atoms with van der Waals surface area (Å²) < 4.78 is 1.03. The Morgan fingerprint density at radius 3 is 2.47 bits per heavy atom. The van der Waals surface area contributed by atoms with Gasteiger partial charge in [-0.2, -0.15) is 0 Å². The van der Waals surface area contributed by atoms with Crippen molar-refractivity contribution in [3.05, 3.63) is 16.0 Å². The molecule has 0 amide bonds. The summed E-state index contributed by atoms with van der Waals surface area (Å²) in [5.41, 5.74) is 1.15. The lowest BCUT2D eigenvalue weighted by Gasteiger charge is -2.25. The summed E-state index contributed by atoms with van der Waals surface area (Å²) in [6.45, 7) is 4.54. The van der Waals surface area contributed by atoms with E-state index in [9.17, 15) is 0 Å². The lowest BCUT2D eigenvalue weighted by molar-refractivity contribution is 0.339. The van der Waals surface area contributed by atoms with E-state index >= 15 is 0 Å². The van der Waals surface area contributed by atoms with Crippen molar-refractivity contribution in [1.29, 1.82) is 0 Å². The number of hydrogen-bond acceptors (Lipinski definition) is 3. The quantitative estimate of drug-likeness (QED) is 0.883. The largest absolute Gasteiger partial charge is 0.372 e. The normalized spacial score (nSPS) is 23.4. The number of nitrogens with one attached hydrogen (secondary N) is 1. The molecule has 4 heteroatoms. The van der Waals surface area contributed by atoms with Gasteiger partial charge in [0.1, 0.15) is 11.6 Å². The van der Waals surface area contributed by atoms with Crippen LogP contribution in [0.1, 0.15) is 63.4 Å². The van der Waals surface area contributed by atoms with Crippen LogP contribution in [0.4, 0.5) is 5.82 Å². The molecule has 1 fully saturated rings. The minimum Gasteiger partial charge on any atom is -0.372 e. The molecule has 0 atom stereocenters. The molecule has 1 aliphatic rings. The third-order valence-electron chi connectivity index (χ3n) is 4.04. The van der Waals surface area contributed by atoms with Crippen molar-refractivity contribution in [2.24, 2.45) is 5.92 Å². The Balaban J connectivity index is 2.27. The first-order valence-corrected chi connectivity index (χ1v) is 8.19. The van der Waals surface area contributed by atoms with Crippen LogP contribution in [0, 0.1) is 5.92 Å². The van der Waals surface area contributed by atoms with Gasteiger partial charge >= 0.3 is 0 Å². The average Bonchev–Trinajstić information content (AvgIpc) is 2.42. The summed E-state index contributed by atoms with van der Waals surface area (Å²) in [7, 11) is 1.93. The lowest BCUT2D eigenvalue weighted by Crippen LogP contribution is -2.15. The first-order valence-electron chi connectivity index (χ1n) is 7.39. The van der Waals surface area contributed by atoms with Crippen LogP contribution in [-0.2, 0) is 6.42 Å². The van der Waals surface area contributed by atoms with Gasteiger partial charge in [0.25, 0.3) is 0 Å². The van der Waals surface area contributed by atoms with Gasteiger partial charge in [-0.3, -0.25) is 0 Å². The predicted octanol–water partition coefficient (Wildman–Crippen LogP) is 4.53. The number of aryl methyl sites for hydroxylation is 1. The van der Waals surface area contributed by atoms with E-state index in [1.165, 1.54) is 25.7 Å². The van der Waals surface area contributed by atoms with Crippen molar-refractivity contribution in [3.8, 4) is 0 Å². The van der Waals surface area contributed by atoms with Crippen LogP contribution in [0.2, 0.25) is 0 Å². The van der Waals surface area contributed by atoms with Crippen LogP contribution in [0.15, 0.2) is 4.47 Å². The summed E-state index contributed by atoms with van der Waals surface area (Å²) in [5.74, 6) is 3.40. The number of nitrogens with zero attached hydrogens (tertiary/aromatic N) is 2. The lowest BCUT2D eigenvalue weighted by atomic mass is 9.82. The standard InChI is InChI=1S/C15H24BrN3/c1-4-5-12-13(16)15(17-3)19-14(18-12)11-8-6-10(2)7-9-11/h10-11H,4-9H2,1-3H3,(H,17,18,19). The third kappa shape index (κ3) is 3.47. The second-order valence-electron chi connectivity index (χ2n) is 5.65. The number of anilines is 1. The molecule has 1 N–H and O–H groups in total. The predicted molar refractivity (Wildman–Crippen MR) is 83.6 cm³/mol. The molecule has 0 bridgehead atoms. The molecule has 1 saturated carbocycles. The van der Waals surface area contributed by atoms with Gasteiger partial charge in [-0.1, -0.05) is 33.1 Å². The second-order valence-corrected chi connectivity index (χ2v) is 6.44. The highest BCUT2D eigenvalue weighted by atomic mass is 79.9. The molecule has 1 heterocycles. The minimum absolute atomic E-state index is 0.548. The molecule has 3 nitrogen and oxygen atoms in total. The van der Waals surface area contributed by atoms with Gasteiger partial charge in [-0.05, 0) is 41.1 Å². The number of rotatable bonds is 4. The van der Waals surface area contributed by atoms with Crippen LogP contribution in [0.25, 0.3) is 0 Å². The maximum absolute atomic E-state index is 4.82. The highest BCUT2D eigenvalue weighted by molar-refractivity contribution is 9.10. The number of halogens is 1. The highest BCUT2D eigenvalue weighted by Gasteiger charge is 2.23. The SMILES string of the molecule is CCCc1nc(C2CCC(C)CC2)nc(NC)c1Br. The maximum Gasteiger partial charge on any atom is 0.144 e. The van der Waals surface area contributed by atoms with Gasteiger partial charge in [0.15, 0.2) is 0 Å². The van der Waals surface area contributed by atoms with E-state index in [0.717, 1.165) is 40.6 Å². The molecule has 0 saturated heterocycles. The molecule has 1 aromatic rings. The molecule has 19 heavy (non-hydrogen) atoms. The Morgan fingerprint density at radius 2 is 1.89 bits per heavy atom. The van der Waals surface area contributed by atoms with Gasteiger partial charge in [0.05, 0.1) is 10.2 Å². The zero-order valence-electron chi connectivity index (χ0n) is 12.2. The molecule has 2 rings (SSSR count). The Bertz CT molecular complexity index is 426. The van der Waals surface area contributed by atoms with Crippen molar-refractivity contribution in [3.63, 3.8) is 0 Å².